The maximum atomic E-state index is 13.4. The second-order valence-electron chi connectivity index (χ2n) is 3.17. The second kappa shape index (κ2) is 4.00. The molecular weight excluding hydrogens is 237 g/mol. The summed E-state index contributed by atoms with van der Waals surface area (Å²) >= 11 is 0. The number of hydrogen-bond donors (Lipinski definition) is 1. The molecule has 0 spiro atoms. The molecule has 0 aliphatic carbocycles. The lowest BCUT2D eigenvalue weighted by molar-refractivity contribution is 0.362. The summed E-state index contributed by atoms with van der Waals surface area (Å²) < 4.78 is 48.8. The summed E-state index contributed by atoms with van der Waals surface area (Å²) in [6.07, 6.45) is 1.16. The van der Waals surface area contributed by atoms with E-state index in [1.807, 2.05) is 0 Å². The van der Waals surface area contributed by atoms with Gasteiger partial charge in [-0.05, 0) is 6.07 Å². The van der Waals surface area contributed by atoms with Gasteiger partial charge in [-0.25, -0.2) is 8.78 Å². The molecule has 0 aliphatic rings. The summed E-state index contributed by atoms with van der Waals surface area (Å²) in [4.78, 5) is 0. The van der Waals surface area contributed by atoms with Gasteiger partial charge in [-0.15, -0.1) is 0 Å². The van der Waals surface area contributed by atoms with Crippen molar-refractivity contribution < 1.29 is 22.4 Å². The fraction of sp³-hybridized carbons (Fsp3) is 0.100. The van der Waals surface area contributed by atoms with Gasteiger partial charge in [-0.2, -0.15) is 4.39 Å². The number of nitrogens with zero attached hydrogens (tertiary/aromatic N) is 1. The number of nitrogen functional groups attached to an aromatic ring is 1. The van der Waals surface area contributed by atoms with Crippen molar-refractivity contribution >= 4 is 5.88 Å². The Labute approximate surface area is 93.8 Å². The van der Waals surface area contributed by atoms with E-state index in [4.69, 9.17) is 5.73 Å². The highest BCUT2D eigenvalue weighted by atomic mass is 19.2. The van der Waals surface area contributed by atoms with Crippen molar-refractivity contribution in [3.8, 4) is 16.9 Å². The van der Waals surface area contributed by atoms with Gasteiger partial charge in [-0.3, -0.25) is 0 Å². The van der Waals surface area contributed by atoms with Gasteiger partial charge in [0.25, 0.3) is 0 Å². The van der Waals surface area contributed by atoms with Crippen molar-refractivity contribution in [3.05, 3.63) is 29.7 Å². The molecule has 0 unspecified atom stereocenters. The van der Waals surface area contributed by atoms with Gasteiger partial charge in [-0.1, -0.05) is 5.16 Å². The summed E-state index contributed by atoms with van der Waals surface area (Å²) in [6.45, 7) is 0. The highest BCUT2D eigenvalue weighted by molar-refractivity contribution is 5.77. The zero-order valence-electron chi connectivity index (χ0n) is 8.63. The lowest BCUT2D eigenvalue weighted by atomic mass is 10.1. The largest absolute Gasteiger partial charge is 0.493 e. The predicted molar refractivity (Wildman–Crippen MR) is 52.8 cm³/mol. The minimum atomic E-state index is -1.61. The molecule has 7 heteroatoms. The number of halogens is 3. The monoisotopic (exact) mass is 244 g/mol. The topological polar surface area (TPSA) is 61.3 Å². The Kier molecular flexibility index (Phi) is 2.66. The maximum absolute atomic E-state index is 13.4. The highest BCUT2D eigenvalue weighted by Crippen LogP contribution is 2.37. The summed E-state index contributed by atoms with van der Waals surface area (Å²) in [7, 11) is 1.13. The Hall–Kier alpha value is -2.18. The third-order valence-corrected chi connectivity index (χ3v) is 2.21. The molecule has 2 aromatic rings. The molecule has 1 aromatic heterocycles. The second-order valence-corrected chi connectivity index (χ2v) is 3.17. The van der Waals surface area contributed by atoms with Crippen molar-refractivity contribution in [2.45, 2.75) is 0 Å². The summed E-state index contributed by atoms with van der Waals surface area (Å²) in [5.41, 5.74) is 5.47. The molecule has 0 amide bonds. The molecule has 0 bridgehead atoms. The molecule has 17 heavy (non-hydrogen) atoms. The number of ether oxygens (including phenoxy) is 1. The van der Waals surface area contributed by atoms with Crippen molar-refractivity contribution in [1.29, 1.82) is 0 Å². The van der Waals surface area contributed by atoms with Crippen molar-refractivity contribution in [2.24, 2.45) is 0 Å². The molecule has 2 rings (SSSR count). The highest BCUT2D eigenvalue weighted by Gasteiger charge is 2.22. The Morgan fingerprint density at radius 3 is 2.47 bits per heavy atom. The molecule has 0 atom stereocenters. The van der Waals surface area contributed by atoms with E-state index in [0.717, 1.165) is 19.4 Å². The van der Waals surface area contributed by atoms with Crippen LogP contribution in [0.3, 0.4) is 0 Å². The number of aromatic nitrogens is 1. The van der Waals surface area contributed by atoms with Crippen LogP contribution >= 0.6 is 0 Å². The minimum absolute atomic E-state index is 0.0670. The van der Waals surface area contributed by atoms with Crippen LogP contribution in [0.4, 0.5) is 19.1 Å². The molecule has 0 saturated heterocycles. The van der Waals surface area contributed by atoms with Crippen LogP contribution in [0.1, 0.15) is 0 Å². The van der Waals surface area contributed by atoms with Crippen LogP contribution in [0.2, 0.25) is 0 Å². The molecule has 0 fully saturated rings. The van der Waals surface area contributed by atoms with Gasteiger partial charge < -0.3 is 15.0 Å². The standard InChI is InChI=1S/C10H7F3N2O2/c1-16-9-4(5-3-15-17-10(5)14)2-6(11)7(12)8(9)13/h2-3H,14H2,1H3. The van der Waals surface area contributed by atoms with Crippen molar-refractivity contribution in [3.63, 3.8) is 0 Å². The first-order chi connectivity index (χ1) is 8.06. The van der Waals surface area contributed by atoms with Crippen LogP contribution in [0, 0.1) is 17.5 Å². The number of anilines is 1. The fourth-order valence-electron chi connectivity index (χ4n) is 1.43. The quantitative estimate of drug-likeness (QED) is 0.823. The molecule has 0 radical (unpaired) electrons. The first kappa shape index (κ1) is 11.3. The van der Waals surface area contributed by atoms with Gasteiger partial charge in [0, 0.05) is 5.56 Å². The van der Waals surface area contributed by atoms with Crippen LogP contribution in [-0.4, -0.2) is 12.3 Å². The average molecular weight is 244 g/mol. The van der Waals surface area contributed by atoms with Crippen LogP contribution < -0.4 is 10.5 Å². The van der Waals surface area contributed by atoms with Crippen molar-refractivity contribution in [2.75, 3.05) is 12.8 Å². The Morgan fingerprint density at radius 2 is 1.94 bits per heavy atom. The Bertz CT molecular complexity index is 569. The Balaban J connectivity index is 2.74. The normalized spacial score (nSPS) is 10.6. The number of methoxy groups -OCH3 is 1. The number of hydrogen-bond acceptors (Lipinski definition) is 4. The maximum Gasteiger partial charge on any atom is 0.230 e. The van der Waals surface area contributed by atoms with Gasteiger partial charge in [0.05, 0.1) is 18.9 Å². The third-order valence-electron chi connectivity index (χ3n) is 2.21. The third kappa shape index (κ3) is 1.69. The van der Waals surface area contributed by atoms with E-state index in [1.165, 1.54) is 0 Å². The molecular formula is C10H7F3N2O2. The van der Waals surface area contributed by atoms with Gasteiger partial charge >= 0.3 is 0 Å². The van der Waals surface area contributed by atoms with Gasteiger partial charge in [0.2, 0.25) is 11.7 Å². The van der Waals surface area contributed by atoms with Crippen LogP contribution in [0.5, 0.6) is 5.75 Å². The van der Waals surface area contributed by atoms with E-state index in [0.29, 0.717) is 0 Å². The molecule has 0 aliphatic heterocycles. The summed E-state index contributed by atoms with van der Waals surface area (Å²) in [6, 6.07) is 0.764. The van der Waals surface area contributed by atoms with E-state index in [1.54, 1.807) is 0 Å². The molecule has 1 aromatic carbocycles. The number of benzene rings is 1. The fourth-order valence-corrected chi connectivity index (χ4v) is 1.43. The smallest absolute Gasteiger partial charge is 0.230 e. The van der Waals surface area contributed by atoms with Crippen molar-refractivity contribution in [1.82, 2.24) is 5.16 Å². The zero-order chi connectivity index (χ0) is 12.6. The molecule has 1 heterocycles. The lowest BCUT2D eigenvalue weighted by Gasteiger charge is -2.09. The zero-order valence-corrected chi connectivity index (χ0v) is 8.63. The van der Waals surface area contributed by atoms with Gasteiger partial charge in [0.15, 0.2) is 17.4 Å². The molecule has 2 N–H and O–H groups in total. The molecule has 4 nitrogen and oxygen atoms in total. The van der Waals surface area contributed by atoms with E-state index in [2.05, 4.69) is 14.4 Å². The summed E-state index contributed by atoms with van der Waals surface area (Å²) in [5.74, 6) is -4.99. The van der Waals surface area contributed by atoms with E-state index in [9.17, 15) is 13.2 Å². The lowest BCUT2D eigenvalue weighted by Crippen LogP contribution is -1.99. The van der Waals surface area contributed by atoms with Crippen LogP contribution in [0.25, 0.3) is 11.1 Å². The summed E-state index contributed by atoms with van der Waals surface area (Å²) in [5, 5.41) is 3.36. The van der Waals surface area contributed by atoms with E-state index >= 15 is 0 Å². The molecule has 0 saturated carbocycles. The first-order valence-corrected chi connectivity index (χ1v) is 4.48. The van der Waals surface area contributed by atoms with E-state index in [-0.39, 0.29) is 17.0 Å². The van der Waals surface area contributed by atoms with E-state index < -0.39 is 23.2 Å². The first-order valence-electron chi connectivity index (χ1n) is 4.48. The van der Waals surface area contributed by atoms with Gasteiger partial charge in [0.1, 0.15) is 0 Å². The average Bonchev–Trinajstić information content (AvgIpc) is 2.72. The number of rotatable bonds is 2. The number of nitrogens with two attached hydrogens (primary N) is 1. The van der Waals surface area contributed by atoms with Crippen LogP contribution in [-0.2, 0) is 0 Å². The minimum Gasteiger partial charge on any atom is -0.493 e. The Morgan fingerprint density at radius 1 is 1.24 bits per heavy atom. The SMILES string of the molecule is COc1c(-c2cnoc2N)cc(F)c(F)c1F. The van der Waals surface area contributed by atoms with Crippen LogP contribution in [0.15, 0.2) is 16.8 Å². The predicted octanol–water partition coefficient (Wildman–Crippen LogP) is 2.35. The molecule has 90 valence electrons.